The summed E-state index contributed by atoms with van der Waals surface area (Å²) in [5.74, 6) is -1.80. The predicted molar refractivity (Wildman–Crippen MR) is 140 cm³/mol. The Hall–Kier alpha value is -2.95. The zero-order valence-corrected chi connectivity index (χ0v) is 22.0. The molecule has 3 N–H and O–H groups in total. The average molecular weight is 572 g/mol. The highest BCUT2D eigenvalue weighted by molar-refractivity contribution is 9.09. The van der Waals surface area contributed by atoms with E-state index in [1.54, 1.807) is 48.4 Å². The number of nitrogens with one attached hydrogen (secondary N) is 2. The number of fused-ring (bicyclic) bond motifs is 1. The van der Waals surface area contributed by atoms with Gasteiger partial charge in [-0.25, -0.2) is 0 Å². The molecule has 1 spiro atoms. The van der Waals surface area contributed by atoms with E-state index in [1.807, 2.05) is 18.2 Å². The Morgan fingerprint density at radius 3 is 2.43 bits per heavy atom. The molecule has 3 amide bonds. The van der Waals surface area contributed by atoms with Crippen LogP contribution in [0.15, 0.2) is 54.6 Å². The fraction of sp³-hybridized carbons (Fsp3) is 0.444. The maximum absolute atomic E-state index is 13.9. The standard InChI is InChI=1S/C27H30BrN3O6/c1-36-18-11-9-17(10-12-18)30-25(34)23-27-15-19(28)22(37-27)20(24(33)29-16-7-3-2-4-8-16)21(27)26(35)31(23)13-5-6-14-32/h2-4,7-12,19-23,32H,5-6,13-15H2,1H3,(H,29,33)(H,30,34)/t19?,20-,21-,22-,23?,27?/m0/s1. The summed E-state index contributed by atoms with van der Waals surface area (Å²) in [6.45, 7) is 0.274. The van der Waals surface area contributed by atoms with Gasteiger partial charge in [-0.15, -0.1) is 0 Å². The zero-order valence-electron chi connectivity index (χ0n) is 20.4. The Labute approximate surface area is 223 Å². The molecule has 10 heteroatoms. The second-order valence-electron chi connectivity index (χ2n) is 9.70. The molecule has 3 aliphatic heterocycles. The van der Waals surface area contributed by atoms with Crippen molar-refractivity contribution in [3.05, 3.63) is 54.6 Å². The molecule has 6 atom stereocenters. The third-order valence-corrected chi connectivity index (χ3v) is 8.39. The van der Waals surface area contributed by atoms with Crippen LogP contribution >= 0.6 is 15.9 Å². The number of nitrogens with zero attached hydrogens (tertiary/aromatic N) is 1. The quantitative estimate of drug-likeness (QED) is 0.315. The van der Waals surface area contributed by atoms with Crippen LogP contribution in [0.1, 0.15) is 19.3 Å². The van der Waals surface area contributed by atoms with Crippen LogP contribution in [0.4, 0.5) is 11.4 Å². The number of hydrogen-bond acceptors (Lipinski definition) is 6. The van der Waals surface area contributed by atoms with Crippen LogP contribution in [0.5, 0.6) is 5.75 Å². The maximum Gasteiger partial charge on any atom is 0.250 e. The molecule has 3 aliphatic rings. The third-order valence-electron chi connectivity index (χ3n) is 7.55. The van der Waals surface area contributed by atoms with Crippen molar-refractivity contribution in [2.24, 2.45) is 11.8 Å². The van der Waals surface area contributed by atoms with Gasteiger partial charge in [-0.1, -0.05) is 34.1 Å². The molecule has 0 radical (unpaired) electrons. The number of hydrogen-bond donors (Lipinski definition) is 3. The molecule has 2 bridgehead atoms. The lowest BCUT2D eigenvalue weighted by molar-refractivity contribution is -0.139. The molecule has 0 aromatic heterocycles. The number of aliphatic hydroxyl groups excluding tert-OH is 1. The van der Waals surface area contributed by atoms with Gasteiger partial charge in [-0.2, -0.15) is 0 Å². The number of rotatable bonds is 9. The molecule has 9 nitrogen and oxygen atoms in total. The molecule has 0 saturated carbocycles. The van der Waals surface area contributed by atoms with E-state index in [9.17, 15) is 19.5 Å². The van der Waals surface area contributed by atoms with Gasteiger partial charge < -0.3 is 30.1 Å². The molecule has 2 aromatic rings. The van der Waals surface area contributed by atoms with E-state index in [1.165, 1.54) is 0 Å². The van der Waals surface area contributed by atoms with E-state index >= 15 is 0 Å². The summed E-state index contributed by atoms with van der Waals surface area (Å²) in [4.78, 5) is 42.5. The van der Waals surface area contributed by atoms with Gasteiger partial charge in [0.2, 0.25) is 17.7 Å². The van der Waals surface area contributed by atoms with E-state index in [-0.39, 0.29) is 35.7 Å². The number of carbonyl (C=O) groups excluding carboxylic acids is 3. The average Bonchev–Trinajstić information content (AvgIpc) is 3.48. The van der Waals surface area contributed by atoms with Crippen molar-refractivity contribution in [1.82, 2.24) is 4.90 Å². The zero-order chi connectivity index (χ0) is 26.2. The number of halogens is 1. The summed E-state index contributed by atoms with van der Waals surface area (Å²) < 4.78 is 11.7. The number of alkyl halides is 1. The molecule has 196 valence electrons. The number of ether oxygens (including phenoxy) is 2. The van der Waals surface area contributed by atoms with Crippen molar-refractivity contribution >= 4 is 45.0 Å². The molecule has 37 heavy (non-hydrogen) atoms. The van der Waals surface area contributed by atoms with Crippen LogP contribution in [0.2, 0.25) is 0 Å². The van der Waals surface area contributed by atoms with Crippen molar-refractivity contribution in [1.29, 1.82) is 0 Å². The first-order chi connectivity index (χ1) is 17.9. The Morgan fingerprint density at radius 1 is 1.08 bits per heavy atom. The van der Waals surface area contributed by atoms with Crippen molar-refractivity contribution in [3.8, 4) is 5.75 Å². The number of carbonyl (C=O) groups is 3. The van der Waals surface area contributed by atoms with Gasteiger partial charge in [-0.3, -0.25) is 14.4 Å². The topological polar surface area (TPSA) is 117 Å². The van der Waals surface area contributed by atoms with Crippen molar-refractivity contribution in [2.45, 2.75) is 41.8 Å². The minimum atomic E-state index is -1.13. The van der Waals surface area contributed by atoms with Crippen molar-refractivity contribution < 1.29 is 29.0 Å². The summed E-state index contributed by atoms with van der Waals surface area (Å²) in [5.41, 5.74) is 0.0638. The van der Waals surface area contributed by atoms with E-state index in [0.717, 1.165) is 0 Å². The molecule has 5 rings (SSSR count). The second-order valence-corrected chi connectivity index (χ2v) is 10.9. The summed E-state index contributed by atoms with van der Waals surface area (Å²) in [5, 5.41) is 15.2. The monoisotopic (exact) mass is 571 g/mol. The summed E-state index contributed by atoms with van der Waals surface area (Å²) in [6, 6.07) is 15.1. The van der Waals surface area contributed by atoms with Gasteiger partial charge in [0.05, 0.1) is 25.0 Å². The number of benzene rings is 2. The Kier molecular flexibility index (Phi) is 7.24. The minimum Gasteiger partial charge on any atom is -0.497 e. The third kappa shape index (κ3) is 4.51. The first kappa shape index (κ1) is 25.7. The van der Waals surface area contributed by atoms with Crippen LogP contribution in [-0.4, -0.2) is 70.6 Å². The van der Waals surface area contributed by atoms with Gasteiger partial charge in [0.15, 0.2) is 0 Å². The predicted octanol–water partition coefficient (Wildman–Crippen LogP) is 2.79. The van der Waals surface area contributed by atoms with Gasteiger partial charge in [0, 0.05) is 29.4 Å². The number of amides is 3. The molecule has 3 saturated heterocycles. The maximum atomic E-state index is 13.9. The molecule has 3 unspecified atom stereocenters. The number of unbranched alkanes of at least 4 members (excludes halogenated alkanes) is 1. The number of methoxy groups -OCH3 is 1. The van der Waals surface area contributed by atoms with Crippen LogP contribution in [-0.2, 0) is 19.1 Å². The van der Waals surface area contributed by atoms with Gasteiger partial charge in [0.1, 0.15) is 17.4 Å². The number of para-hydroxylation sites is 1. The molecule has 2 aromatic carbocycles. The summed E-state index contributed by atoms with van der Waals surface area (Å²) in [6.07, 6.45) is 0.921. The Morgan fingerprint density at radius 2 is 1.76 bits per heavy atom. The Balaban J connectivity index is 1.46. The first-order valence-corrected chi connectivity index (χ1v) is 13.3. The van der Waals surface area contributed by atoms with E-state index in [4.69, 9.17) is 9.47 Å². The lowest BCUT2D eigenvalue weighted by atomic mass is 9.70. The number of aliphatic hydroxyl groups is 1. The smallest absolute Gasteiger partial charge is 0.250 e. The first-order valence-electron chi connectivity index (χ1n) is 12.4. The minimum absolute atomic E-state index is 0.0104. The molecule has 3 heterocycles. The Bertz CT molecular complexity index is 1160. The summed E-state index contributed by atoms with van der Waals surface area (Å²) >= 11 is 3.67. The number of likely N-dealkylation sites (tertiary alicyclic amines) is 1. The number of anilines is 2. The highest BCUT2D eigenvalue weighted by Crippen LogP contribution is 2.60. The van der Waals surface area contributed by atoms with Gasteiger partial charge in [0.25, 0.3) is 0 Å². The molecular weight excluding hydrogens is 542 g/mol. The lowest BCUT2D eigenvalue weighted by Crippen LogP contribution is -2.54. The van der Waals surface area contributed by atoms with E-state index < -0.39 is 29.6 Å². The van der Waals surface area contributed by atoms with Crippen LogP contribution in [0, 0.1) is 11.8 Å². The molecule has 0 aliphatic carbocycles. The summed E-state index contributed by atoms with van der Waals surface area (Å²) in [7, 11) is 1.57. The highest BCUT2D eigenvalue weighted by atomic mass is 79.9. The molecular formula is C27H30BrN3O6. The van der Waals surface area contributed by atoms with Crippen LogP contribution < -0.4 is 15.4 Å². The van der Waals surface area contributed by atoms with Crippen LogP contribution in [0.25, 0.3) is 0 Å². The van der Waals surface area contributed by atoms with Crippen molar-refractivity contribution in [2.75, 3.05) is 30.9 Å². The fourth-order valence-electron chi connectivity index (χ4n) is 6.00. The van der Waals surface area contributed by atoms with Gasteiger partial charge >= 0.3 is 0 Å². The van der Waals surface area contributed by atoms with E-state index in [0.29, 0.717) is 36.4 Å². The van der Waals surface area contributed by atoms with Gasteiger partial charge in [-0.05, 0) is 55.7 Å². The fourth-order valence-corrected chi connectivity index (χ4v) is 6.94. The lowest BCUT2D eigenvalue weighted by Gasteiger charge is -2.34. The van der Waals surface area contributed by atoms with Crippen LogP contribution in [0.3, 0.4) is 0 Å². The second kappa shape index (κ2) is 10.4. The van der Waals surface area contributed by atoms with E-state index in [2.05, 4.69) is 26.6 Å². The van der Waals surface area contributed by atoms with Crippen molar-refractivity contribution in [3.63, 3.8) is 0 Å². The normalized spacial score (nSPS) is 29.8. The molecule has 3 fully saturated rings. The largest absolute Gasteiger partial charge is 0.497 e. The SMILES string of the molecule is COc1ccc(NC(=O)C2N(CCCCO)C(=O)[C@@H]3[C@H](C(=O)Nc4ccccc4)[C@H]4OC23CC4Br)cc1. The highest BCUT2D eigenvalue weighted by Gasteiger charge is 2.76.